The second-order valence-electron chi connectivity index (χ2n) is 9.69. The molecule has 0 radical (unpaired) electrons. The van der Waals surface area contributed by atoms with Crippen LogP contribution in [-0.2, 0) is 19.1 Å². The topological polar surface area (TPSA) is 134 Å². The molecule has 0 spiro atoms. The molecule has 4 N–H and O–H groups in total. The molecule has 0 aromatic heterocycles. The summed E-state index contributed by atoms with van der Waals surface area (Å²) in [6.45, 7) is 3.60. The maximum Gasteiger partial charge on any atom is 0.306 e. The first kappa shape index (κ1) is 36.7. The molecule has 0 saturated heterocycles. The molecule has 0 saturated carbocycles. The molecule has 0 unspecified atom stereocenters. The van der Waals surface area contributed by atoms with Gasteiger partial charge in [-0.05, 0) is 25.7 Å². The summed E-state index contributed by atoms with van der Waals surface area (Å²) in [6, 6.07) is 0. The minimum Gasteiger partial charge on any atom is -0.462 e. The van der Waals surface area contributed by atoms with Gasteiger partial charge in [0.2, 0.25) is 0 Å². The predicted molar refractivity (Wildman–Crippen MR) is 154 cm³/mol. The van der Waals surface area contributed by atoms with Crippen LogP contribution in [0.2, 0.25) is 0 Å². The van der Waals surface area contributed by atoms with E-state index in [1.54, 1.807) is 42.5 Å². The Labute approximate surface area is 235 Å². The maximum atomic E-state index is 12.0. The molecule has 0 fully saturated rings. The molecule has 8 heteroatoms. The monoisotopic (exact) mass is 552 g/mol. The van der Waals surface area contributed by atoms with Gasteiger partial charge < -0.3 is 29.9 Å². The minimum absolute atomic E-state index is 0.000879. The van der Waals surface area contributed by atoms with Gasteiger partial charge in [0.1, 0.15) is 6.61 Å². The lowest BCUT2D eigenvalue weighted by atomic mass is 10.1. The molecule has 0 heterocycles. The SMILES string of the molecule is CCCCCCCC(=O)OC[C@H](CO)OC(=O)CCC[C@H](O)[C@@H](O)/C=C/C=C/C=C\C=C\[C@@H](O)CCCCC. The lowest BCUT2D eigenvalue weighted by molar-refractivity contribution is -0.161. The molecule has 0 aromatic rings. The van der Waals surface area contributed by atoms with Crippen molar-refractivity contribution in [3.63, 3.8) is 0 Å². The highest BCUT2D eigenvalue weighted by atomic mass is 16.6. The van der Waals surface area contributed by atoms with E-state index in [0.717, 1.165) is 57.8 Å². The van der Waals surface area contributed by atoms with E-state index in [4.69, 9.17) is 9.47 Å². The van der Waals surface area contributed by atoms with Crippen molar-refractivity contribution >= 4 is 11.9 Å². The van der Waals surface area contributed by atoms with E-state index in [1.807, 2.05) is 0 Å². The van der Waals surface area contributed by atoms with Crippen LogP contribution in [0.4, 0.5) is 0 Å². The van der Waals surface area contributed by atoms with Crippen molar-refractivity contribution in [1.29, 1.82) is 0 Å². The average Bonchev–Trinajstić information content (AvgIpc) is 2.92. The van der Waals surface area contributed by atoms with Gasteiger partial charge in [-0.25, -0.2) is 0 Å². The number of esters is 2. The van der Waals surface area contributed by atoms with E-state index < -0.39 is 37.0 Å². The highest BCUT2D eigenvalue weighted by Crippen LogP contribution is 2.10. The van der Waals surface area contributed by atoms with Gasteiger partial charge in [0.05, 0.1) is 24.9 Å². The molecule has 0 rings (SSSR count). The number of carbonyl (C=O) groups is 2. The number of aliphatic hydroxyl groups excluding tert-OH is 4. The Kier molecular flexibility index (Phi) is 24.5. The number of rotatable bonds is 24. The Hall–Kier alpha value is -2.26. The molecule has 0 aliphatic heterocycles. The third-order valence-corrected chi connectivity index (χ3v) is 5.99. The van der Waals surface area contributed by atoms with Crippen molar-refractivity contribution < 1.29 is 39.5 Å². The number of hydrogen-bond donors (Lipinski definition) is 4. The van der Waals surface area contributed by atoms with Crippen molar-refractivity contribution in [3.05, 3.63) is 48.6 Å². The fraction of sp³-hybridized carbons (Fsp3) is 0.677. The molecule has 4 atom stereocenters. The Morgan fingerprint density at radius 3 is 1.95 bits per heavy atom. The van der Waals surface area contributed by atoms with Crippen molar-refractivity contribution in [2.45, 2.75) is 122 Å². The fourth-order valence-corrected chi connectivity index (χ4v) is 3.58. The van der Waals surface area contributed by atoms with Gasteiger partial charge in [0.25, 0.3) is 0 Å². The average molecular weight is 553 g/mol. The first-order valence-corrected chi connectivity index (χ1v) is 14.5. The summed E-state index contributed by atoms with van der Waals surface area (Å²) in [4.78, 5) is 23.8. The standard InChI is InChI=1S/C31H52O8/c1-3-5-7-10-16-22-30(36)38-25-27(24-32)39-31(37)23-17-21-29(35)28(34)20-15-12-9-8-11-14-19-26(33)18-13-6-4-2/h8-9,11-12,14-15,19-20,26-29,32-35H,3-7,10,13,16-18,21-25H2,1-2H3/b11-8-,12-9+,19-14+,20-15+/t26-,27-,28-,29-/m0/s1. The highest BCUT2D eigenvalue weighted by molar-refractivity contribution is 5.70. The van der Waals surface area contributed by atoms with Crippen LogP contribution in [0.3, 0.4) is 0 Å². The van der Waals surface area contributed by atoms with Gasteiger partial charge >= 0.3 is 11.9 Å². The van der Waals surface area contributed by atoms with Crippen molar-refractivity contribution in [3.8, 4) is 0 Å². The number of ether oxygens (including phenoxy) is 2. The molecule has 0 amide bonds. The van der Waals surface area contributed by atoms with Gasteiger partial charge in [-0.15, -0.1) is 0 Å². The molecule has 0 aliphatic carbocycles. The summed E-state index contributed by atoms with van der Waals surface area (Å²) in [5.41, 5.74) is 0. The summed E-state index contributed by atoms with van der Waals surface area (Å²) >= 11 is 0. The van der Waals surface area contributed by atoms with E-state index in [-0.39, 0.29) is 31.8 Å². The van der Waals surface area contributed by atoms with Crippen LogP contribution in [0.25, 0.3) is 0 Å². The number of allylic oxidation sites excluding steroid dienone is 6. The van der Waals surface area contributed by atoms with E-state index in [2.05, 4.69) is 13.8 Å². The molecule has 0 aliphatic rings. The van der Waals surface area contributed by atoms with Gasteiger partial charge in [-0.2, -0.15) is 0 Å². The smallest absolute Gasteiger partial charge is 0.306 e. The van der Waals surface area contributed by atoms with Crippen LogP contribution in [-0.4, -0.2) is 70.0 Å². The highest BCUT2D eigenvalue weighted by Gasteiger charge is 2.18. The first-order chi connectivity index (χ1) is 18.8. The Balaban J connectivity index is 4.12. The zero-order valence-corrected chi connectivity index (χ0v) is 24.0. The normalized spacial score (nSPS) is 15.3. The summed E-state index contributed by atoms with van der Waals surface area (Å²) in [5.74, 6) is -0.944. The van der Waals surface area contributed by atoms with Gasteiger partial charge in [0.15, 0.2) is 6.10 Å². The Bertz CT molecular complexity index is 728. The van der Waals surface area contributed by atoms with Crippen LogP contribution in [0.5, 0.6) is 0 Å². The lowest BCUT2D eigenvalue weighted by Gasteiger charge is -2.17. The predicted octanol–water partition coefficient (Wildman–Crippen LogP) is 4.85. The van der Waals surface area contributed by atoms with Crippen LogP contribution in [0.15, 0.2) is 48.6 Å². The number of hydrogen-bond acceptors (Lipinski definition) is 8. The molecular formula is C31H52O8. The summed E-state index contributed by atoms with van der Waals surface area (Å²) < 4.78 is 10.2. The first-order valence-electron chi connectivity index (χ1n) is 14.5. The van der Waals surface area contributed by atoms with Crippen LogP contribution in [0.1, 0.15) is 97.3 Å². The summed E-state index contributed by atoms with van der Waals surface area (Å²) in [7, 11) is 0. The molecule has 0 aromatic carbocycles. The van der Waals surface area contributed by atoms with E-state index in [1.165, 1.54) is 6.08 Å². The van der Waals surface area contributed by atoms with E-state index in [9.17, 15) is 30.0 Å². The van der Waals surface area contributed by atoms with E-state index >= 15 is 0 Å². The van der Waals surface area contributed by atoms with Gasteiger partial charge in [-0.1, -0.05) is 107 Å². The molecule has 224 valence electrons. The lowest BCUT2D eigenvalue weighted by Crippen LogP contribution is -2.29. The third kappa shape index (κ3) is 23.4. The van der Waals surface area contributed by atoms with Gasteiger partial charge in [0, 0.05) is 12.8 Å². The van der Waals surface area contributed by atoms with Crippen molar-refractivity contribution in [2.75, 3.05) is 13.2 Å². The third-order valence-electron chi connectivity index (χ3n) is 5.99. The largest absolute Gasteiger partial charge is 0.462 e. The van der Waals surface area contributed by atoms with Crippen LogP contribution < -0.4 is 0 Å². The van der Waals surface area contributed by atoms with E-state index in [0.29, 0.717) is 6.42 Å². The summed E-state index contributed by atoms with van der Waals surface area (Å²) in [6.07, 6.45) is 20.1. The molecule has 0 bridgehead atoms. The maximum absolute atomic E-state index is 12.0. The second kappa shape index (κ2) is 26.0. The minimum atomic E-state index is -1.08. The molecule has 8 nitrogen and oxygen atoms in total. The Morgan fingerprint density at radius 1 is 0.692 bits per heavy atom. The van der Waals surface area contributed by atoms with Crippen molar-refractivity contribution in [2.24, 2.45) is 0 Å². The zero-order valence-electron chi connectivity index (χ0n) is 24.0. The number of unbranched alkanes of at least 4 members (excludes halogenated alkanes) is 6. The van der Waals surface area contributed by atoms with Crippen molar-refractivity contribution in [1.82, 2.24) is 0 Å². The zero-order chi connectivity index (χ0) is 29.1. The Morgan fingerprint density at radius 2 is 1.28 bits per heavy atom. The molecular weight excluding hydrogens is 500 g/mol. The van der Waals surface area contributed by atoms with Crippen LogP contribution >= 0.6 is 0 Å². The fourth-order valence-electron chi connectivity index (χ4n) is 3.58. The quantitative estimate of drug-likeness (QED) is 0.0759. The van der Waals surface area contributed by atoms with Crippen LogP contribution in [0, 0.1) is 0 Å². The number of aliphatic hydroxyl groups is 4. The summed E-state index contributed by atoms with van der Waals surface area (Å²) in [5, 5.41) is 39.4. The number of carbonyl (C=O) groups excluding carboxylic acids is 2. The molecule has 39 heavy (non-hydrogen) atoms. The van der Waals surface area contributed by atoms with Gasteiger partial charge in [-0.3, -0.25) is 9.59 Å². The second-order valence-corrected chi connectivity index (χ2v) is 9.69.